The van der Waals surface area contributed by atoms with Crippen LogP contribution in [0.3, 0.4) is 0 Å². The molecule has 0 radical (unpaired) electrons. The van der Waals surface area contributed by atoms with E-state index < -0.39 is 0 Å². The molecule has 2 aromatic rings. The molecule has 2 saturated heterocycles. The zero-order valence-corrected chi connectivity index (χ0v) is 15.9. The van der Waals surface area contributed by atoms with Gasteiger partial charge in [-0.1, -0.05) is 0 Å². The van der Waals surface area contributed by atoms with E-state index in [1.807, 2.05) is 18.7 Å². The molecular formula is C19H26N6O2. The lowest BCUT2D eigenvalue weighted by atomic mass is 9.92. The van der Waals surface area contributed by atoms with Crippen LogP contribution in [0, 0.1) is 18.8 Å². The van der Waals surface area contributed by atoms with Crippen molar-refractivity contribution in [1.82, 2.24) is 30.2 Å². The predicted molar refractivity (Wildman–Crippen MR) is 100 cm³/mol. The molecule has 8 heteroatoms. The number of fused-ring (bicyclic) bond motifs is 1. The maximum absolute atomic E-state index is 13.1. The Hall–Kier alpha value is -2.48. The SMILES string of the molecule is CCOc1ccc(-n2ncc(C(=O)N3CC[C@@H]4CNC[C@@H]4CC3)c2C)nn1. The first kappa shape index (κ1) is 17.9. The lowest BCUT2D eigenvalue weighted by Gasteiger charge is -2.20. The van der Waals surface area contributed by atoms with E-state index in [0.717, 1.165) is 44.7 Å². The van der Waals surface area contributed by atoms with E-state index >= 15 is 0 Å². The maximum Gasteiger partial charge on any atom is 0.257 e. The Balaban J connectivity index is 1.50. The minimum atomic E-state index is 0.0607. The van der Waals surface area contributed by atoms with Gasteiger partial charge in [0.1, 0.15) is 0 Å². The fraction of sp³-hybridized carbons (Fsp3) is 0.579. The minimum absolute atomic E-state index is 0.0607. The molecule has 144 valence electrons. The summed E-state index contributed by atoms with van der Waals surface area (Å²) in [6.45, 7) is 8.14. The molecule has 2 aliphatic heterocycles. The van der Waals surface area contributed by atoms with Crippen molar-refractivity contribution in [3.63, 3.8) is 0 Å². The summed E-state index contributed by atoms with van der Waals surface area (Å²) in [5.74, 6) is 2.51. The van der Waals surface area contributed by atoms with Crippen molar-refractivity contribution in [3.8, 4) is 11.7 Å². The van der Waals surface area contributed by atoms with E-state index in [2.05, 4.69) is 20.6 Å². The molecule has 2 aromatic heterocycles. The molecule has 2 atom stereocenters. The molecule has 2 fully saturated rings. The Labute approximate surface area is 158 Å². The van der Waals surface area contributed by atoms with Crippen LogP contribution < -0.4 is 10.1 Å². The predicted octanol–water partition coefficient (Wildman–Crippen LogP) is 1.44. The number of carbonyl (C=O) groups is 1. The Kier molecular flexibility index (Phi) is 5.07. The van der Waals surface area contributed by atoms with Crippen LogP contribution in [0.25, 0.3) is 5.82 Å². The number of rotatable bonds is 4. The molecule has 1 amide bonds. The van der Waals surface area contributed by atoms with E-state index in [1.54, 1.807) is 23.0 Å². The van der Waals surface area contributed by atoms with Crippen LogP contribution in [0.2, 0.25) is 0 Å². The van der Waals surface area contributed by atoms with E-state index in [-0.39, 0.29) is 5.91 Å². The molecule has 0 unspecified atom stereocenters. The standard InChI is InChI=1S/C19H26N6O2/c1-3-27-18-5-4-17(22-23-18)25-13(2)16(12-21-25)19(26)24-8-6-14-10-20-11-15(14)7-9-24/h4-5,12,14-15,20H,3,6-11H2,1-2H3/t14-,15+. The molecular weight excluding hydrogens is 344 g/mol. The Bertz CT molecular complexity index is 789. The van der Waals surface area contributed by atoms with Crippen molar-refractivity contribution in [2.24, 2.45) is 11.8 Å². The summed E-state index contributed by atoms with van der Waals surface area (Å²) in [6.07, 6.45) is 3.78. The third-order valence-electron chi connectivity index (χ3n) is 5.68. The Morgan fingerprint density at radius 3 is 2.59 bits per heavy atom. The van der Waals surface area contributed by atoms with Crippen molar-refractivity contribution in [2.75, 3.05) is 32.8 Å². The quantitative estimate of drug-likeness (QED) is 0.877. The highest BCUT2D eigenvalue weighted by atomic mass is 16.5. The van der Waals surface area contributed by atoms with Crippen LogP contribution in [0.15, 0.2) is 18.3 Å². The number of hydrogen-bond donors (Lipinski definition) is 1. The number of likely N-dealkylation sites (tertiary alicyclic amines) is 1. The number of carbonyl (C=O) groups excluding carboxylic acids is 1. The van der Waals surface area contributed by atoms with E-state index in [0.29, 0.717) is 35.7 Å². The first-order valence-electron chi connectivity index (χ1n) is 9.69. The van der Waals surface area contributed by atoms with Gasteiger partial charge in [-0.05, 0) is 57.7 Å². The van der Waals surface area contributed by atoms with E-state index in [4.69, 9.17) is 4.74 Å². The van der Waals surface area contributed by atoms with Crippen LogP contribution in [0.1, 0.15) is 35.8 Å². The van der Waals surface area contributed by atoms with Gasteiger partial charge >= 0.3 is 0 Å². The topological polar surface area (TPSA) is 85.2 Å². The van der Waals surface area contributed by atoms with Crippen molar-refractivity contribution in [1.29, 1.82) is 0 Å². The zero-order valence-electron chi connectivity index (χ0n) is 15.9. The molecule has 1 N–H and O–H groups in total. The largest absolute Gasteiger partial charge is 0.477 e. The van der Waals surface area contributed by atoms with Crippen molar-refractivity contribution in [2.45, 2.75) is 26.7 Å². The van der Waals surface area contributed by atoms with Crippen molar-refractivity contribution >= 4 is 5.91 Å². The number of nitrogens with one attached hydrogen (secondary N) is 1. The fourth-order valence-corrected chi connectivity index (χ4v) is 4.09. The van der Waals surface area contributed by atoms with Crippen LogP contribution in [-0.2, 0) is 0 Å². The third kappa shape index (κ3) is 3.53. The second-order valence-electron chi connectivity index (χ2n) is 7.27. The van der Waals surface area contributed by atoms with Gasteiger partial charge in [0, 0.05) is 19.2 Å². The number of nitrogens with zero attached hydrogens (tertiary/aromatic N) is 5. The van der Waals surface area contributed by atoms with Gasteiger partial charge in [0.05, 0.1) is 24.1 Å². The number of aromatic nitrogens is 4. The lowest BCUT2D eigenvalue weighted by Crippen LogP contribution is -2.33. The smallest absolute Gasteiger partial charge is 0.257 e. The Morgan fingerprint density at radius 1 is 1.22 bits per heavy atom. The molecule has 8 nitrogen and oxygen atoms in total. The molecule has 0 aliphatic carbocycles. The zero-order chi connectivity index (χ0) is 18.8. The highest BCUT2D eigenvalue weighted by Crippen LogP contribution is 2.28. The fourth-order valence-electron chi connectivity index (χ4n) is 4.09. The van der Waals surface area contributed by atoms with Gasteiger partial charge in [-0.25, -0.2) is 4.68 Å². The summed E-state index contributed by atoms with van der Waals surface area (Å²) in [5.41, 5.74) is 1.42. The van der Waals surface area contributed by atoms with Crippen LogP contribution in [0.4, 0.5) is 0 Å². The minimum Gasteiger partial charge on any atom is -0.477 e. The molecule has 4 heterocycles. The van der Waals surface area contributed by atoms with Crippen molar-refractivity contribution in [3.05, 3.63) is 29.6 Å². The summed E-state index contributed by atoms with van der Waals surface area (Å²) >= 11 is 0. The van der Waals surface area contributed by atoms with Crippen molar-refractivity contribution < 1.29 is 9.53 Å². The average molecular weight is 370 g/mol. The molecule has 0 spiro atoms. The van der Waals surface area contributed by atoms with Gasteiger partial charge in [0.2, 0.25) is 5.88 Å². The highest BCUT2D eigenvalue weighted by Gasteiger charge is 2.32. The van der Waals surface area contributed by atoms with Gasteiger partial charge in [0.25, 0.3) is 5.91 Å². The summed E-state index contributed by atoms with van der Waals surface area (Å²) in [7, 11) is 0. The molecule has 0 bridgehead atoms. The van der Waals surface area contributed by atoms with Crippen LogP contribution in [-0.4, -0.2) is 63.6 Å². The van der Waals surface area contributed by atoms with Gasteiger partial charge in [0.15, 0.2) is 5.82 Å². The Morgan fingerprint density at radius 2 is 1.96 bits per heavy atom. The first-order chi connectivity index (χ1) is 13.2. The molecule has 4 rings (SSSR count). The van der Waals surface area contributed by atoms with Crippen LogP contribution in [0.5, 0.6) is 5.88 Å². The van der Waals surface area contributed by atoms with Gasteiger partial charge < -0.3 is 15.0 Å². The summed E-state index contributed by atoms with van der Waals surface area (Å²) in [4.78, 5) is 15.1. The number of hydrogen-bond acceptors (Lipinski definition) is 6. The normalized spacial score (nSPS) is 22.4. The summed E-state index contributed by atoms with van der Waals surface area (Å²) < 4.78 is 6.98. The second-order valence-corrected chi connectivity index (χ2v) is 7.27. The van der Waals surface area contributed by atoms with E-state index in [1.165, 1.54) is 0 Å². The highest BCUT2D eigenvalue weighted by molar-refractivity contribution is 5.95. The monoisotopic (exact) mass is 370 g/mol. The van der Waals surface area contributed by atoms with Crippen LogP contribution >= 0.6 is 0 Å². The first-order valence-corrected chi connectivity index (χ1v) is 9.69. The third-order valence-corrected chi connectivity index (χ3v) is 5.68. The molecule has 0 saturated carbocycles. The maximum atomic E-state index is 13.1. The molecule has 0 aromatic carbocycles. The number of ether oxygens (including phenoxy) is 1. The van der Waals surface area contributed by atoms with Gasteiger partial charge in [-0.2, -0.15) is 5.10 Å². The molecule has 27 heavy (non-hydrogen) atoms. The number of amides is 1. The molecule has 2 aliphatic rings. The second kappa shape index (κ2) is 7.64. The van der Waals surface area contributed by atoms with Gasteiger partial charge in [-0.3, -0.25) is 4.79 Å². The summed E-state index contributed by atoms with van der Waals surface area (Å²) in [5, 5.41) is 16.0. The van der Waals surface area contributed by atoms with E-state index in [9.17, 15) is 4.79 Å². The summed E-state index contributed by atoms with van der Waals surface area (Å²) in [6, 6.07) is 3.56. The lowest BCUT2D eigenvalue weighted by molar-refractivity contribution is 0.0757. The van der Waals surface area contributed by atoms with Gasteiger partial charge in [-0.15, -0.1) is 10.2 Å². The average Bonchev–Trinajstić information content (AvgIpc) is 3.23.